The zero-order chi connectivity index (χ0) is 15.6. The molecule has 1 amide bonds. The van der Waals surface area contributed by atoms with Gasteiger partial charge in [-0.25, -0.2) is 0 Å². The molecule has 0 bridgehead atoms. The zero-order valence-corrected chi connectivity index (χ0v) is 13.3. The van der Waals surface area contributed by atoms with E-state index in [1.54, 1.807) is 21.0 Å². The number of fused-ring (bicyclic) bond motifs is 1. The van der Waals surface area contributed by atoms with Crippen LogP contribution < -0.4 is 15.8 Å². The molecule has 0 radical (unpaired) electrons. The minimum Gasteiger partial charge on any atom is -0.495 e. The van der Waals surface area contributed by atoms with E-state index >= 15 is 0 Å². The van der Waals surface area contributed by atoms with E-state index in [1.165, 1.54) is 11.1 Å². The molecule has 0 saturated heterocycles. The van der Waals surface area contributed by atoms with Crippen molar-refractivity contribution in [2.24, 2.45) is 5.73 Å². The van der Waals surface area contributed by atoms with Gasteiger partial charge in [0.15, 0.2) is 0 Å². The maximum Gasteiger partial charge on any atom is 0.243 e. The molecular weight excluding hydrogens is 266 g/mol. The van der Waals surface area contributed by atoms with Crippen molar-refractivity contribution in [1.82, 2.24) is 4.90 Å². The maximum atomic E-state index is 12.1. The lowest BCUT2D eigenvalue weighted by Gasteiger charge is -2.20. The first kappa shape index (κ1) is 15.8. The second-order valence-corrected chi connectivity index (χ2v) is 6.30. The number of rotatable bonds is 3. The van der Waals surface area contributed by atoms with Crippen LogP contribution in [0.25, 0.3) is 0 Å². The number of nitrogens with zero attached hydrogens (tertiary/aromatic N) is 1. The number of hydrogen-bond donors (Lipinski definition) is 2. The van der Waals surface area contributed by atoms with Crippen LogP contribution in [0.2, 0.25) is 0 Å². The van der Waals surface area contributed by atoms with Gasteiger partial charge in [0.25, 0.3) is 0 Å². The minimum atomic E-state index is -0.919. The van der Waals surface area contributed by atoms with Crippen molar-refractivity contribution in [2.45, 2.75) is 32.2 Å². The number of methoxy groups -OCH3 is 1. The molecule has 0 fully saturated rings. The van der Waals surface area contributed by atoms with Crippen molar-refractivity contribution in [3.8, 4) is 5.75 Å². The number of anilines is 1. The Balaban J connectivity index is 2.32. The average molecular weight is 291 g/mol. The molecule has 5 heteroatoms. The predicted molar refractivity (Wildman–Crippen MR) is 84.8 cm³/mol. The summed E-state index contributed by atoms with van der Waals surface area (Å²) in [7, 11) is 3.75. The summed E-state index contributed by atoms with van der Waals surface area (Å²) in [6.45, 7) is 5.44. The van der Waals surface area contributed by atoms with E-state index in [2.05, 4.69) is 17.3 Å². The first-order chi connectivity index (χ1) is 9.81. The van der Waals surface area contributed by atoms with Crippen molar-refractivity contribution in [1.29, 1.82) is 0 Å². The van der Waals surface area contributed by atoms with E-state index in [0.717, 1.165) is 25.9 Å². The molecule has 0 aromatic heterocycles. The zero-order valence-electron chi connectivity index (χ0n) is 13.3. The summed E-state index contributed by atoms with van der Waals surface area (Å²) in [5.74, 6) is 0.474. The topological polar surface area (TPSA) is 67.6 Å². The molecule has 0 spiro atoms. The van der Waals surface area contributed by atoms with Crippen LogP contribution in [0.15, 0.2) is 12.1 Å². The smallest absolute Gasteiger partial charge is 0.243 e. The summed E-state index contributed by atoms with van der Waals surface area (Å²) in [6.07, 6.45) is 1.98. The van der Waals surface area contributed by atoms with Gasteiger partial charge in [-0.15, -0.1) is 0 Å². The molecule has 0 atom stereocenters. The average Bonchev–Trinajstić information content (AvgIpc) is 2.59. The second kappa shape index (κ2) is 6.03. The number of carbonyl (C=O) groups excluding carboxylic acids is 1. The fraction of sp³-hybridized carbons (Fsp3) is 0.562. The van der Waals surface area contributed by atoms with E-state index in [-0.39, 0.29) is 5.91 Å². The van der Waals surface area contributed by atoms with Crippen LogP contribution in [0.3, 0.4) is 0 Å². The quantitative estimate of drug-likeness (QED) is 0.883. The number of amides is 1. The molecule has 5 nitrogen and oxygen atoms in total. The Hall–Kier alpha value is -1.59. The summed E-state index contributed by atoms with van der Waals surface area (Å²) < 4.78 is 5.42. The number of nitrogens with two attached hydrogens (primary N) is 1. The van der Waals surface area contributed by atoms with Gasteiger partial charge in [-0.05, 0) is 57.0 Å². The van der Waals surface area contributed by atoms with Crippen LogP contribution in [0.4, 0.5) is 5.69 Å². The van der Waals surface area contributed by atoms with Gasteiger partial charge in [-0.2, -0.15) is 0 Å². The summed E-state index contributed by atoms with van der Waals surface area (Å²) in [6, 6.07) is 4.06. The first-order valence-corrected chi connectivity index (χ1v) is 7.30. The normalized spacial score (nSPS) is 16.0. The predicted octanol–water partition coefficient (Wildman–Crippen LogP) is 1.40. The van der Waals surface area contributed by atoms with Gasteiger partial charge in [0.1, 0.15) is 5.75 Å². The van der Waals surface area contributed by atoms with E-state index in [1.807, 2.05) is 12.1 Å². The van der Waals surface area contributed by atoms with Crippen LogP contribution >= 0.6 is 0 Å². The van der Waals surface area contributed by atoms with Crippen LogP contribution in [-0.2, 0) is 17.6 Å². The number of carbonyl (C=O) groups is 1. The van der Waals surface area contributed by atoms with Crippen molar-refractivity contribution in [3.63, 3.8) is 0 Å². The van der Waals surface area contributed by atoms with E-state index in [9.17, 15) is 4.79 Å². The Morgan fingerprint density at radius 2 is 1.86 bits per heavy atom. The molecule has 1 aromatic carbocycles. The number of hydrogen-bond acceptors (Lipinski definition) is 4. The minimum absolute atomic E-state index is 0.216. The second-order valence-electron chi connectivity index (χ2n) is 6.30. The van der Waals surface area contributed by atoms with Gasteiger partial charge in [-0.1, -0.05) is 0 Å². The Labute approximate surface area is 126 Å². The molecule has 21 heavy (non-hydrogen) atoms. The first-order valence-electron chi connectivity index (χ1n) is 7.30. The molecule has 3 N–H and O–H groups in total. The highest BCUT2D eigenvalue weighted by Crippen LogP contribution is 2.31. The Morgan fingerprint density at radius 3 is 2.38 bits per heavy atom. The lowest BCUT2D eigenvalue weighted by molar-refractivity contribution is -0.120. The van der Waals surface area contributed by atoms with Crippen molar-refractivity contribution in [3.05, 3.63) is 23.3 Å². The Kier molecular flexibility index (Phi) is 4.54. The third kappa shape index (κ3) is 3.74. The van der Waals surface area contributed by atoms with Gasteiger partial charge in [-0.3, -0.25) is 4.79 Å². The highest BCUT2D eigenvalue weighted by molar-refractivity contribution is 5.98. The monoisotopic (exact) mass is 291 g/mol. The summed E-state index contributed by atoms with van der Waals surface area (Å²) in [4.78, 5) is 14.4. The van der Waals surface area contributed by atoms with Gasteiger partial charge < -0.3 is 20.7 Å². The molecule has 116 valence electrons. The van der Waals surface area contributed by atoms with Gasteiger partial charge in [0, 0.05) is 13.1 Å². The highest BCUT2D eigenvalue weighted by atomic mass is 16.5. The largest absolute Gasteiger partial charge is 0.495 e. The molecule has 0 unspecified atom stereocenters. The van der Waals surface area contributed by atoms with E-state index in [4.69, 9.17) is 10.5 Å². The highest BCUT2D eigenvalue weighted by Gasteiger charge is 2.24. The molecule has 0 saturated carbocycles. The Bertz CT molecular complexity index is 535. The lowest BCUT2D eigenvalue weighted by Crippen LogP contribution is -2.45. The fourth-order valence-corrected chi connectivity index (χ4v) is 2.42. The summed E-state index contributed by atoms with van der Waals surface area (Å²) in [5.41, 5.74) is 8.18. The fourth-order valence-electron chi connectivity index (χ4n) is 2.42. The standard InChI is InChI=1S/C16H25N3O2/c1-16(2,17)15(20)18-13-9-11-5-7-19(3)8-6-12(11)10-14(13)21-4/h9-10H,5-8,17H2,1-4H3,(H,18,20). The number of likely N-dealkylation sites (N-methyl/N-ethyl adjacent to an activating group) is 1. The third-order valence-corrected chi connectivity index (χ3v) is 3.88. The number of benzene rings is 1. The van der Waals surface area contributed by atoms with Crippen LogP contribution in [0, 0.1) is 0 Å². The van der Waals surface area contributed by atoms with Crippen LogP contribution in [-0.4, -0.2) is 43.6 Å². The number of ether oxygens (including phenoxy) is 1. The Morgan fingerprint density at radius 1 is 1.29 bits per heavy atom. The number of nitrogens with one attached hydrogen (secondary N) is 1. The molecule has 2 rings (SSSR count). The van der Waals surface area contributed by atoms with Gasteiger partial charge in [0.05, 0.1) is 18.3 Å². The van der Waals surface area contributed by atoms with Crippen molar-refractivity contribution in [2.75, 3.05) is 32.6 Å². The molecule has 1 aliphatic rings. The molecular formula is C16H25N3O2. The van der Waals surface area contributed by atoms with Crippen LogP contribution in [0.1, 0.15) is 25.0 Å². The van der Waals surface area contributed by atoms with Crippen LogP contribution in [0.5, 0.6) is 5.75 Å². The molecule has 0 aliphatic carbocycles. The molecule has 1 aliphatic heterocycles. The maximum absolute atomic E-state index is 12.1. The van der Waals surface area contributed by atoms with E-state index in [0.29, 0.717) is 11.4 Å². The van der Waals surface area contributed by atoms with Gasteiger partial charge >= 0.3 is 0 Å². The summed E-state index contributed by atoms with van der Waals surface area (Å²) >= 11 is 0. The SMILES string of the molecule is COc1cc2c(cc1NC(=O)C(C)(C)N)CCN(C)CC2. The summed E-state index contributed by atoms with van der Waals surface area (Å²) in [5, 5.41) is 2.88. The molecule has 1 heterocycles. The van der Waals surface area contributed by atoms with Crippen molar-refractivity contribution >= 4 is 11.6 Å². The third-order valence-electron chi connectivity index (χ3n) is 3.88. The van der Waals surface area contributed by atoms with E-state index < -0.39 is 5.54 Å². The lowest BCUT2D eigenvalue weighted by atomic mass is 10.0. The van der Waals surface area contributed by atoms with Gasteiger partial charge in [0.2, 0.25) is 5.91 Å². The van der Waals surface area contributed by atoms with Crippen molar-refractivity contribution < 1.29 is 9.53 Å². The molecule has 1 aromatic rings.